The highest BCUT2D eigenvalue weighted by Gasteiger charge is 2.26. The van der Waals surface area contributed by atoms with E-state index in [0.29, 0.717) is 17.2 Å². The van der Waals surface area contributed by atoms with E-state index in [-0.39, 0.29) is 36.3 Å². The zero-order chi connectivity index (χ0) is 23.4. The van der Waals surface area contributed by atoms with E-state index in [1.807, 2.05) is 48.5 Å². The topological polar surface area (TPSA) is 71.5 Å². The first kappa shape index (κ1) is 23.4. The summed E-state index contributed by atoms with van der Waals surface area (Å²) in [5.74, 6) is -0.234. The molecule has 1 aromatic heterocycles. The maximum atomic E-state index is 13.2. The number of nitrogens with zero attached hydrogens (tertiary/aromatic N) is 2. The SMILES string of the molecule is CC(C)(C)c1ccc(C(=O)NCCC(=O)N(C[C@H]2CCCO2)c2nc3ccccc3s2)cc1. The quantitative estimate of drug-likeness (QED) is 0.537. The number of benzene rings is 2. The molecule has 1 N–H and O–H groups in total. The molecule has 6 nitrogen and oxygen atoms in total. The summed E-state index contributed by atoms with van der Waals surface area (Å²) in [5, 5.41) is 3.56. The van der Waals surface area contributed by atoms with Crippen LogP contribution in [0.15, 0.2) is 48.5 Å². The molecule has 1 aliphatic heterocycles. The molecule has 2 amide bonds. The van der Waals surface area contributed by atoms with Gasteiger partial charge in [0.05, 0.1) is 22.9 Å². The maximum Gasteiger partial charge on any atom is 0.251 e. The van der Waals surface area contributed by atoms with E-state index in [2.05, 4.69) is 31.1 Å². The Kier molecular flexibility index (Phi) is 7.10. The van der Waals surface area contributed by atoms with Gasteiger partial charge in [-0.15, -0.1) is 0 Å². The molecule has 3 aromatic rings. The summed E-state index contributed by atoms with van der Waals surface area (Å²) in [6.45, 7) is 7.91. The number of amides is 2. The standard InChI is InChI=1S/C26H31N3O3S/c1-26(2,3)19-12-10-18(11-13-19)24(31)27-15-14-23(30)29(17-20-7-6-16-32-20)25-28-21-8-4-5-9-22(21)33-25/h4-5,8-13,20H,6-7,14-17H2,1-3H3,(H,27,31)/t20-/m1/s1. The summed E-state index contributed by atoms with van der Waals surface area (Å²) in [6, 6.07) is 15.5. The average Bonchev–Trinajstić information content (AvgIpc) is 3.46. The first-order chi connectivity index (χ1) is 15.8. The van der Waals surface area contributed by atoms with E-state index in [4.69, 9.17) is 4.74 Å². The molecule has 4 rings (SSSR count). The lowest BCUT2D eigenvalue weighted by Gasteiger charge is -2.23. The number of hydrogen-bond acceptors (Lipinski definition) is 5. The van der Waals surface area contributed by atoms with Crippen molar-refractivity contribution in [3.8, 4) is 0 Å². The third-order valence-corrected chi connectivity index (χ3v) is 6.92. The maximum absolute atomic E-state index is 13.2. The summed E-state index contributed by atoms with van der Waals surface area (Å²) >= 11 is 1.51. The second-order valence-electron chi connectivity index (χ2n) is 9.44. The molecule has 0 spiro atoms. The van der Waals surface area contributed by atoms with Gasteiger partial charge >= 0.3 is 0 Å². The second-order valence-corrected chi connectivity index (χ2v) is 10.4. The fourth-order valence-electron chi connectivity index (χ4n) is 3.90. The van der Waals surface area contributed by atoms with E-state index in [0.717, 1.165) is 29.7 Å². The summed E-state index contributed by atoms with van der Waals surface area (Å²) in [4.78, 5) is 32.1. The first-order valence-electron chi connectivity index (χ1n) is 11.5. The largest absolute Gasteiger partial charge is 0.376 e. The number of ether oxygens (including phenoxy) is 1. The summed E-state index contributed by atoms with van der Waals surface area (Å²) in [5.41, 5.74) is 2.69. The van der Waals surface area contributed by atoms with Gasteiger partial charge in [0.25, 0.3) is 5.91 Å². The van der Waals surface area contributed by atoms with Gasteiger partial charge in [0.1, 0.15) is 0 Å². The van der Waals surface area contributed by atoms with E-state index in [1.54, 1.807) is 4.90 Å². The lowest BCUT2D eigenvalue weighted by atomic mass is 9.87. The van der Waals surface area contributed by atoms with Crippen LogP contribution in [0, 0.1) is 0 Å². The molecule has 174 valence electrons. The molecule has 7 heteroatoms. The van der Waals surface area contributed by atoms with Crippen LogP contribution in [0.4, 0.5) is 5.13 Å². The molecule has 33 heavy (non-hydrogen) atoms. The molecule has 1 atom stereocenters. The highest BCUT2D eigenvalue weighted by Crippen LogP contribution is 2.30. The lowest BCUT2D eigenvalue weighted by Crippen LogP contribution is -2.39. The molecule has 1 fully saturated rings. The van der Waals surface area contributed by atoms with Crippen molar-refractivity contribution in [2.75, 3.05) is 24.6 Å². The van der Waals surface area contributed by atoms with Gasteiger partial charge in [-0.25, -0.2) is 4.98 Å². The minimum Gasteiger partial charge on any atom is -0.376 e. The van der Waals surface area contributed by atoms with Crippen LogP contribution in [-0.4, -0.2) is 42.6 Å². The third kappa shape index (κ3) is 5.78. The zero-order valence-electron chi connectivity index (χ0n) is 19.5. The van der Waals surface area contributed by atoms with Crippen LogP contribution in [0.5, 0.6) is 0 Å². The molecular formula is C26H31N3O3S. The number of rotatable bonds is 7. The van der Waals surface area contributed by atoms with Gasteiger partial charge in [-0.2, -0.15) is 0 Å². The number of hydrogen-bond donors (Lipinski definition) is 1. The van der Waals surface area contributed by atoms with E-state index in [9.17, 15) is 9.59 Å². The van der Waals surface area contributed by atoms with Crippen LogP contribution in [0.3, 0.4) is 0 Å². The number of fused-ring (bicyclic) bond motifs is 1. The number of para-hydroxylation sites is 1. The average molecular weight is 466 g/mol. The molecule has 0 radical (unpaired) electrons. The predicted molar refractivity (Wildman–Crippen MR) is 133 cm³/mol. The second kappa shape index (κ2) is 10.0. The normalized spacial score (nSPS) is 16.2. The summed E-state index contributed by atoms with van der Waals surface area (Å²) in [7, 11) is 0. The summed E-state index contributed by atoms with van der Waals surface area (Å²) < 4.78 is 6.82. The van der Waals surface area contributed by atoms with Gasteiger partial charge in [0.15, 0.2) is 5.13 Å². The molecule has 0 unspecified atom stereocenters. The highest BCUT2D eigenvalue weighted by molar-refractivity contribution is 7.22. The van der Waals surface area contributed by atoms with Crippen molar-refractivity contribution in [3.63, 3.8) is 0 Å². The molecule has 2 heterocycles. The predicted octanol–water partition coefficient (Wildman–Crippen LogP) is 4.93. The Morgan fingerprint density at radius 2 is 1.91 bits per heavy atom. The molecule has 1 aliphatic rings. The Labute approximate surface area is 199 Å². The number of anilines is 1. The van der Waals surface area contributed by atoms with E-state index >= 15 is 0 Å². The Hall–Kier alpha value is -2.77. The Morgan fingerprint density at radius 1 is 1.15 bits per heavy atom. The molecule has 0 saturated carbocycles. The van der Waals surface area contributed by atoms with Crippen molar-refractivity contribution >= 4 is 38.5 Å². The van der Waals surface area contributed by atoms with Crippen LogP contribution in [0.25, 0.3) is 10.2 Å². The number of nitrogens with one attached hydrogen (secondary N) is 1. The van der Waals surface area contributed by atoms with Crippen LogP contribution >= 0.6 is 11.3 Å². The number of carbonyl (C=O) groups excluding carboxylic acids is 2. The van der Waals surface area contributed by atoms with Crippen molar-refractivity contribution in [2.45, 2.75) is 51.6 Å². The van der Waals surface area contributed by atoms with Gasteiger partial charge < -0.3 is 10.1 Å². The zero-order valence-corrected chi connectivity index (χ0v) is 20.3. The van der Waals surface area contributed by atoms with Crippen molar-refractivity contribution in [1.82, 2.24) is 10.3 Å². The van der Waals surface area contributed by atoms with E-state index in [1.165, 1.54) is 16.9 Å². The van der Waals surface area contributed by atoms with Gasteiger partial charge in [-0.05, 0) is 48.1 Å². The number of aromatic nitrogens is 1. The third-order valence-electron chi connectivity index (χ3n) is 5.86. The molecule has 0 aliphatic carbocycles. The fraction of sp³-hybridized carbons (Fsp3) is 0.423. The number of thiazole rings is 1. The summed E-state index contributed by atoms with van der Waals surface area (Å²) in [6.07, 6.45) is 2.18. The lowest BCUT2D eigenvalue weighted by molar-refractivity contribution is -0.118. The van der Waals surface area contributed by atoms with Crippen molar-refractivity contribution in [1.29, 1.82) is 0 Å². The monoisotopic (exact) mass is 465 g/mol. The fourth-order valence-corrected chi connectivity index (χ4v) is 4.89. The van der Waals surface area contributed by atoms with Crippen LogP contribution in [0.2, 0.25) is 0 Å². The van der Waals surface area contributed by atoms with Gasteiger partial charge in [0.2, 0.25) is 5.91 Å². The Balaban J connectivity index is 1.39. The van der Waals surface area contributed by atoms with Gasteiger partial charge in [-0.3, -0.25) is 14.5 Å². The highest BCUT2D eigenvalue weighted by atomic mass is 32.1. The van der Waals surface area contributed by atoms with Crippen molar-refractivity contribution < 1.29 is 14.3 Å². The minimum atomic E-state index is -0.172. The molecule has 2 aromatic carbocycles. The number of carbonyl (C=O) groups is 2. The van der Waals surface area contributed by atoms with Crippen LogP contribution < -0.4 is 10.2 Å². The van der Waals surface area contributed by atoms with Crippen molar-refractivity contribution in [3.05, 3.63) is 59.7 Å². The van der Waals surface area contributed by atoms with Crippen LogP contribution in [-0.2, 0) is 14.9 Å². The molecular weight excluding hydrogens is 434 g/mol. The first-order valence-corrected chi connectivity index (χ1v) is 12.3. The molecule has 1 saturated heterocycles. The van der Waals surface area contributed by atoms with Gasteiger partial charge in [0, 0.05) is 25.1 Å². The van der Waals surface area contributed by atoms with Gasteiger partial charge in [-0.1, -0.05) is 56.4 Å². The Morgan fingerprint density at radius 3 is 2.58 bits per heavy atom. The van der Waals surface area contributed by atoms with Crippen molar-refractivity contribution in [2.24, 2.45) is 0 Å². The minimum absolute atomic E-state index is 0.0249. The Bertz CT molecular complexity index is 1080. The smallest absolute Gasteiger partial charge is 0.251 e. The van der Waals surface area contributed by atoms with Crippen LogP contribution in [0.1, 0.15) is 56.0 Å². The molecule has 0 bridgehead atoms. The van der Waals surface area contributed by atoms with E-state index < -0.39 is 0 Å².